The summed E-state index contributed by atoms with van der Waals surface area (Å²) in [6.45, 7) is 14.3. The molecule has 0 aliphatic rings. The van der Waals surface area contributed by atoms with Crippen molar-refractivity contribution in [3.8, 4) is 0 Å². The second-order valence-electron chi connectivity index (χ2n) is 5.35. The van der Waals surface area contributed by atoms with Gasteiger partial charge in [0, 0.05) is 12.6 Å². The van der Waals surface area contributed by atoms with Crippen molar-refractivity contribution < 1.29 is 9.90 Å². The summed E-state index contributed by atoms with van der Waals surface area (Å²) in [6, 6.07) is 0.112. The summed E-state index contributed by atoms with van der Waals surface area (Å²) < 4.78 is 0. The highest BCUT2D eigenvalue weighted by atomic mass is 16.4. The lowest BCUT2D eigenvalue weighted by molar-refractivity contribution is 0.116. The highest BCUT2D eigenvalue weighted by molar-refractivity contribution is 5.65. The van der Waals surface area contributed by atoms with Crippen molar-refractivity contribution in [3.05, 3.63) is 0 Å². The summed E-state index contributed by atoms with van der Waals surface area (Å²) in [7, 11) is 0. The standard InChI is InChI=1S/C14H30N2O2/c1-6-15(7-2)10-8-9-13(5)16(14(17)18)11-12(3)4/h12-13H,6-11H2,1-5H3,(H,17,18). The fourth-order valence-electron chi connectivity index (χ4n) is 2.15. The molecule has 1 atom stereocenters. The van der Waals surface area contributed by atoms with Gasteiger partial charge in [-0.25, -0.2) is 4.79 Å². The Morgan fingerprint density at radius 3 is 2.11 bits per heavy atom. The molecule has 0 heterocycles. The van der Waals surface area contributed by atoms with Crippen molar-refractivity contribution in [1.29, 1.82) is 0 Å². The molecule has 18 heavy (non-hydrogen) atoms. The van der Waals surface area contributed by atoms with E-state index in [0.717, 1.165) is 32.5 Å². The van der Waals surface area contributed by atoms with Gasteiger partial charge < -0.3 is 14.9 Å². The van der Waals surface area contributed by atoms with Gasteiger partial charge in [0.15, 0.2) is 0 Å². The number of amides is 1. The second-order valence-corrected chi connectivity index (χ2v) is 5.35. The maximum atomic E-state index is 11.2. The average Bonchev–Trinajstić information content (AvgIpc) is 2.30. The van der Waals surface area contributed by atoms with Crippen LogP contribution in [-0.2, 0) is 0 Å². The van der Waals surface area contributed by atoms with Gasteiger partial charge in [-0.2, -0.15) is 0 Å². The molecule has 1 N–H and O–H groups in total. The van der Waals surface area contributed by atoms with Crippen LogP contribution in [-0.4, -0.2) is 53.2 Å². The predicted molar refractivity (Wildman–Crippen MR) is 76.1 cm³/mol. The summed E-state index contributed by atoms with van der Waals surface area (Å²) in [5.41, 5.74) is 0. The maximum absolute atomic E-state index is 11.2. The van der Waals surface area contributed by atoms with Gasteiger partial charge >= 0.3 is 6.09 Å². The monoisotopic (exact) mass is 258 g/mol. The second kappa shape index (κ2) is 9.20. The molecule has 1 unspecified atom stereocenters. The molecular formula is C14H30N2O2. The zero-order valence-corrected chi connectivity index (χ0v) is 12.6. The van der Waals surface area contributed by atoms with Crippen LogP contribution in [0.2, 0.25) is 0 Å². The number of hydrogen-bond acceptors (Lipinski definition) is 2. The van der Waals surface area contributed by atoms with Gasteiger partial charge in [0.05, 0.1) is 0 Å². The van der Waals surface area contributed by atoms with Gasteiger partial charge in [-0.15, -0.1) is 0 Å². The molecule has 0 spiro atoms. The SMILES string of the molecule is CCN(CC)CCCC(C)N(CC(C)C)C(=O)O. The van der Waals surface area contributed by atoms with Crippen LogP contribution < -0.4 is 0 Å². The first-order valence-corrected chi connectivity index (χ1v) is 7.14. The summed E-state index contributed by atoms with van der Waals surface area (Å²) in [5, 5.41) is 9.21. The molecule has 1 amide bonds. The Hall–Kier alpha value is -0.770. The molecule has 0 aliphatic carbocycles. The van der Waals surface area contributed by atoms with Gasteiger partial charge in [0.25, 0.3) is 0 Å². The Morgan fingerprint density at radius 1 is 1.17 bits per heavy atom. The van der Waals surface area contributed by atoms with Gasteiger partial charge in [0.2, 0.25) is 0 Å². The summed E-state index contributed by atoms with van der Waals surface area (Å²) in [5.74, 6) is 0.381. The van der Waals surface area contributed by atoms with Crippen molar-refractivity contribution in [2.24, 2.45) is 5.92 Å². The Morgan fingerprint density at radius 2 is 1.72 bits per heavy atom. The van der Waals surface area contributed by atoms with Gasteiger partial charge in [-0.3, -0.25) is 0 Å². The van der Waals surface area contributed by atoms with Gasteiger partial charge in [-0.05, 0) is 45.3 Å². The molecule has 0 fully saturated rings. The molecule has 0 saturated carbocycles. The molecule has 0 aromatic carbocycles. The van der Waals surface area contributed by atoms with E-state index in [1.165, 1.54) is 0 Å². The van der Waals surface area contributed by atoms with Crippen molar-refractivity contribution in [1.82, 2.24) is 9.80 Å². The van der Waals surface area contributed by atoms with Crippen LogP contribution in [0.4, 0.5) is 4.79 Å². The number of rotatable bonds is 9. The lowest BCUT2D eigenvalue weighted by Crippen LogP contribution is -2.40. The van der Waals surface area contributed by atoms with Crippen molar-refractivity contribution in [2.75, 3.05) is 26.2 Å². The topological polar surface area (TPSA) is 43.8 Å². The zero-order chi connectivity index (χ0) is 14.1. The van der Waals surface area contributed by atoms with E-state index in [0.29, 0.717) is 12.5 Å². The first-order valence-electron chi connectivity index (χ1n) is 7.14. The Kier molecular flexibility index (Phi) is 8.81. The molecule has 0 bridgehead atoms. The van der Waals surface area contributed by atoms with Crippen LogP contribution in [0.1, 0.15) is 47.5 Å². The van der Waals surface area contributed by atoms with E-state index < -0.39 is 6.09 Å². The van der Waals surface area contributed by atoms with Crippen LogP contribution in [0.15, 0.2) is 0 Å². The summed E-state index contributed by atoms with van der Waals surface area (Å²) in [6.07, 6.45) is 1.21. The molecule has 4 nitrogen and oxygen atoms in total. The molecule has 0 saturated heterocycles. The van der Waals surface area contributed by atoms with E-state index in [1.54, 1.807) is 4.90 Å². The van der Waals surface area contributed by atoms with Crippen molar-refractivity contribution in [3.63, 3.8) is 0 Å². The Bertz CT molecular complexity index is 228. The third-order valence-corrected chi connectivity index (χ3v) is 3.33. The van der Waals surface area contributed by atoms with E-state index in [1.807, 2.05) is 6.92 Å². The molecule has 4 heteroatoms. The van der Waals surface area contributed by atoms with Crippen LogP contribution in [0.3, 0.4) is 0 Å². The minimum Gasteiger partial charge on any atom is -0.465 e. The number of carbonyl (C=O) groups is 1. The number of hydrogen-bond donors (Lipinski definition) is 1. The van der Waals surface area contributed by atoms with E-state index >= 15 is 0 Å². The number of carboxylic acid groups (broad SMARTS) is 1. The third kappa shape index (κ3) is 6.84. The fraction of sp³-hybridized carbons (Fsp3) is 0.929. The molecule has 0 radical (unpaired) electrons. The van der Waals surface area contributed by atoms with Crippen LogP contribution in [0, 0.1) is 5.92 Å². The first kappa shape index (κ1) is 17.2. The largest absolute Gasteiger partial charge is 0.465 e. The Labute approximate surface area is 112 Å². The normalized spacial score (nSPS) is 13.1. The molecule has 108 valence electrons. The Balaban J connectivity index is 4.10. The molecule has 0 aliphatic heterocycles. The summed E-state index contributed by atoms with van der Waals surface area (Å²) in [4.78, 5) is 15.2. The van der Waals surface area contributed by atoms with E-state index in [4.69, 9.17) is 0 Å². The minimum atomic E-state index is -0.793. The highest BCUT2D eigenvalue weighted by Gasteiger charge is 2.19. The molecular weight excluding hydrogens is 228 g/mol. The molecule has 0 aromatic heterocycles. The van der Waals surface area contributed by atoms with E-state index in [2.05, 4.69) is 32.6 Å². The van der Waals surface area contributed by atoms with Crippen LogP contribution in [0.25, 0.3) is 0 Å². The summed E-state index contributed by atoms with van der Waals surface area (Å²) >= 11 is 0. The van der Waals surface area contributed by atoms with Crippen molar-refractivity contribution >= 4 is 6.09 Å². The smallest absolute Gasteiger partial charge is 0.407 e. The molecule has 0 aromatic rings. The van der Waals surface area contributed by atoms with E-state index in [-0.39, 0.29) is 6.04 Å². The minimum absolute atomic E-state index is 0.112. The molecule has 0 rings (SSSR count). The first-order chi connectivity index (χ1) is 8.42. The van der Waals surface area contributed by atoms with E-state index in [9.17, 15) is 9.90 Å². The highest BCUT2D eigenvalue weighted by Crippen LogP contribution is 2.10. The van der Waals surface area contributed by atoms with Gasteiger partial charge in [0.1, 0.15) is 0 Å². The van der Waals surface area contributed by atoms with Crippen LogP contribution in [0.5, 0.6) is 0 Å². The third-order valence-electron chi connectivity index (χ3n) is 3.33. The fourth-order valence-corrected chi connectivity index (χ4v) is 2.15. The van der Waals surface area contributed by atoms with Gasteiger partial charge in [-0.1, -0.05) is 27.7 Å². The lowest BCUT2D eigenvalue weighted by atomic mass is 10.1. The van der Waals surface area contributed by atoms with Crippen LogP contribution >= 0.6 is 0 Å². The van der Waals surface area contributed by atoms with Crippen molar-refractivity contribution in [2.45, 2.75) is 53.5 Å². The number of nitrogens with zero attached hydrogens (tertiary/aromatic N) is 2. The predicted octanol–water partition coefficient (Wildman–Crippen LogP) is 3.13. The quantitative estimate of drug-likeness (QED) is 0.691. The lowest BCUT2D eigenvalue weighted by Gasteiger charge is -2.28. The maximum Gasteiger partial charge on any atom is 0.407 e. The average molecular weight is 258 g/mol. The zero-order valence-electron chi connectivity index (χ0n) is 12.6.